The summed E-state index contributed by atoms with van der Waals surface area (Å²) < 4.78 is 5.33. The summed E-state index contributed by atoms with van der Waals surface area (Å²) >= 11 is 0. The van der Waals surface area contributed by atoms with E-state index < -0.39 is 0 Å². The number of nitrogens with two attached hydrogens (primary N) is 1. The van der Waals surface area contributed by atoms with Crippen molar-refractivity contribution in [1.82, 2.24) is 15.0 Å². The third-order valence-electron chi connectivity index (χ3n) is 3.91. The van der Waals surface area contributed by atoms with Crippen molar-refractivity contribution in [2.75, 3.05) is 19.6 Å². The fourth-order valence-electron chi connectivity index (χ4n) is 2.81. The quantitative estimate of drug-likeness (QED) is 0.911. The van der Waals surface area contributed by atoms with Gasteiger partial charge in [-0.05, 0) is 38.4 Å². The van der Waals surface area contributed by atoms with E-state index in [0.717, 1.165) is 19.6 Å². The topological polar surface area (TPSA) is 68.2 Å². The summed E-state index contributed by atoms with van der Waals surface area (Å²) in [6.07, 6.45) is 3.18. The second kappa shape index (κ2) is 6.37. The molecule has 1 fully saturated rings. The van der Waals surface area contributed by atoms with E-state index in [9.17, 15) is 0 Å². The lowest BCUT2D eigenvalue weighted by atomic mass is 10.1. The van der Waals surface area contributed by atoms with Crippen molar-refractivity contribution in [1.29, 1.82) is 0 Å². The van der Waals surface area contributed by atoms with Crippen molar-refractivity contribution in [2.45, 2.75) is 32.2 Å². The van der Waals surface area contributed by atoms with Gasteiger partial charge in [0.25, 0.3) is 0 Å². The molecule has 1 aliphatic heterocycles. The minimum Gasteiger partial charge on any atom is -0.339 e. The molecule has 1 aromatic heterocycles. The van der Waals surface area contributed by atoms with E-state index in [2.05, 4.69) is 40.2 Å². The van der Waals surface area contributed by atoms with E-state index in [4.69, 9.17) is 10.3 Å². The molecule has 21 heavy (non-hydrogen) atoms. The van der Waals surface area contributed by atoms with Crippen molar-refractivity contribution in [3.8, 4) is 0 Å². The lowest BCUT2D eigenvalue weighted by Gasteiger charge is -2.17. The molecule has 2 heterocycles. The Labute approximate surface area is 125 Å². The van der Waals surface area contributed by atoms with Gasteiger partial charge >= 0.3 is 0 Å². The van der Waals surface area contributed by atoms with Crippen molar-refractivity contribution in [3.63, 3.8) is 0 Å². The highest BCUT2D eigenvalue weighted by atomic mass is 16.5. The summed E-state index contributed by atoms with van der Waals surface area (Å²) in [5, 5.41) is 4.04. The Hall–Kier alpha value is -1.72. The van der Waals surface area contributed by atoms with Crippen LogP contribution in [-0.2, 0) is 6.42 Å². The first kappa shape index (κ1) is 14.2. The van der Waals surface area contributed by atoms with Crippen molar-refractivity contribution in [2.24, 2.45) is 5.73 Å². The molecule has 0 radical (unpaired) electrons. The lowest BCUT2D eigenvalue weighted by Crippen LogP contribution is -2.30. The second-order valence-electron chi connectivity index (χ2n) is 5.83. The molecule has 0 aliphatic carbocycles. The Morgan fingerprint density at radius 3 is 2.90 bits per heavy atom. The fourth-order valence-corrected chi connectivity index (χ4v) is 2.81. The molecule has 1 aromatic carbocycles. The number of aryl methyl sites for hydroxylation is 1. The van der Waals surface area contributed by atoms with Crippen molar-refractivity contribution < 1.29 is 4.52 Å². The van der Waals surface area contributed by atoms with Crippen LogP contribution in [-0.4, -0.2) is 34.7 Å². The number of nitrogens with zero attached hydrogens (tertiary/aromatic N) is 3. The Bertz CT molecular complexity index is 589. The Kier molecular flexibility index (Phi) is 4.31. The molecule has 112 valence electrons. The van der Waals surface area contributed by atoms with Gasteiger partial charge in [0, 0.05) is 6.54 Å². The largest absolute Gasteiger partial charge is 0.339 e. The van der Waals surface area contributed by atoms with E-state index in [1.165, 1.54) is 24.0 Å². The van der Waals surface area contributed by atoms with Gasteiger partial charge in [0.1, 0.15) is 0 Å². The van der Waals surface area contributed by atoms with E-state index in [1.54, 1.807) is 0 Å². The smallest absolute Gasteiger partial charge is 0.231 e. The van der Waals surface area contributed by atoms with E-state index in [1.807, 2.05) is 6.07 Å². The molecule has 0 amide bonds. The van der Waals surface area contributed by atoms with Gasteiger partial charge in [-0.2, -0.15) is 4.98 Å². The van der Waals surface area contributed by atoms with Crippen LogP contribution in [0.3, 0.4) is 0 Å². The van der Waals surface area contributed by atoms with Crippen LogP contribution in [0.2, 0.25) is 0 Å². The third kappa shape index (κ3) is 3.68. The number of aromatic nitrogens is 2. The third-order valence-corrected chi connectivity index (χ3v) is 3.91. The lowest BCUT2D eigenvalue weighted by molar-refractivity contribution is 0.305. The van der Waals surface area contributed by atoms with Crippen LogP contribution in [0.25, 0.3) is 0 Å². The van der Waals surface area contributed by atoms with E-state index >= 15 is 0 Å². The summed E-state index contributed by atoms with van der Waals surface area (Å²) in [6.45, 7) is 5.14. The van der Waals surface area contributed by atoms with Gasteiger partial charge in [0.2, 0.25) is 5.89 Å². The van der Waals surface area contributed by atoms with Crippen LogP contribution in [0, 0.1) is 6.92 Å². The molecular weight excluding hydrogens is 264 g/mol. The molecule has 1 unspecified atom stereocenters. The van der Waals surface area contributed by atoms with Crippen LogP contribution in [0.1, 0.15) is 41.7 Å². The summed E-state index contributed by atoms with van der Waals surface area (Å²) in [7, 11) is 0. The summed E-state index contributed by atoms with van der Waals surface area (Å²) in [5.41, 5.74) is 8.59. The van der Waals surface area contributed by atoms with Crippen molar-refractivity contribution in [3.05, 3.63) is 47.1 Å². The van der Waals surface area contributed by atoms with Crippen LogP contribution in [0.4, 0.5) is 0 Å². The molecule has 2 N–H and O–H groups in total. The molecule has 0 bridgehead atoms. The van der Waals surface area contributed by atoms with E-state index in [0.29, 0.717) is 18.1 Å². The summed E-state index contributed by atoms with van der Waals surface area (Å²) in [5.74, 6) is 1.25. The fraction of sp³-hybridized carbons (Fsp3) is 0.500. The maximum Gasteiger partial charge on any atom is 0.231 e. The normalized spacial score (nSPS) is 17.2. The molecule has 5 nitrogen and oxygen atoms in total. The standard InChI is InChI=1S/C16H22N4O/c1-12-5-4-6-13(9-12)10-15-18-16(19-21-15)14(17)11-20-7-2-3-8-20/h4-6,9,14H,2-3,7-8,10-11,17H2,1H3. The van der Waals surface area contributed by atoms with Gasteiger partial charge in [0.05, 0.1) is 12.5 Å². The molecule has 0 saturated carbocycles. The molecule has 0 spiro atoms. The van der Waals surface area contributed by atoms with Gasteiger partial charge in [-0.25, -0.2) is 0 Å². The molecule has 1 aliphatic rings. The maximum atomic E-state index is 6.18. The molecule has 5 heteroatoms. The average Bonchev–Trinajstić information content (AvgIpc) is 3.10. The Morgan fingerprint density at radius 1 is 1.33 bits per heavy atom. The molecule has 1 saturated heterocycles. The van der Waals surface area contributed by atoms with Gasteiger partial charge in [0.15, 0.2) is 5.82 Å². The maximum absolute atomic E-state index is 6.18. The number of rotatable bonds is 5. The molecule has 1 atom stereocenters. The number of hydrogen-bond acceptors (Lipinski definition) is 5. The van der Waals surface area contributed by atoms with E-state index in [-0.39, 0.29) is 6.04 Å². The zero-order valence-electron chi connectivity index (χ0n) is 12.5. The molecule has 3 rings (SSSR count). The highest BCUT2D eigenvalue weighted by Gasteiger charge is 2.20. The average molecular weight is 286 g/mol. The van der Waals surface area contributed by atoms with Gasteiger partial charge in [-0.3, -0.25) is 0 Å². The Balaban J connectivity index is 1.62. The zero-order valence-corrected chi connectivity index (χ0v) is 12.5. The summed E-state index contributed by atoms with van der Waals surface area (Å²) in [4.78, 5) is 6.81. The number of likely N-dealkylation sites (tertiary alicyclic amines) is 1. The number of benzene rings is 1. The summed E-state index contributed by atoms with van der Waals surface area (Å²) in [6, 6.07) is 8.16. The number of hydrogen-bond donors (Lipinski definition) is 1. The molecular formula is C16H22N4O. The predicted molar refractivity (Wildman–Crippen MR) is 80.9 cm³/mol. The molecule has 2 aromatic rings. The van der Waals surface area contributed by atoms with Gasteiger partial charge < -0.3 is 15.2 Å². The Morgan fingerprint density at radius 2 is 2.14 bits per heavy atom. The minimum absolute atomic E-state index is 0.168. The first-order chi connectivity index (χ1) is 10.2. The van der Waals surface area contributed by atoms with Crippen molar-refractivity contribution >= 4 is 0 Å². The zero-order chi connectivity index (χ0) is 14.7. The second-order valence-corrected chi connectivity index (χ2v) is 5.83. The SMILES string of the molecule is Cc1cccc(Cc2nc(C(N)CN3CCCC3)no2)c1. The van der Waals surface area contributed by atoms with Crippen LogP contribution in [0.5, 0.6) is 0 Å². The minimum atomic E-state index is -0.168. The van der Waals surface area contributed by atoms with Gasteiger partial charge in [-0.1, -0.05) is 35.0 Å². The first-order valence-electron chi connectivity index (χ1n) is 7.56. The van der Waals surface area contributed by atoms with Crippen LogP contribution >= 0.6 is 0 Å². The highest BCUT2D eigenvalue weighted by molar-refractivity contribution is 5.24. The van der Waals surface area contributed by atoms with Crippen LogP contribution < -0.4 is 5.73 Å². The predicted octanol–water partition coefficient (Wildman–Crippen LogP) is 2.06. The monoisotopic (exact) mass is 286 g/mol. The first-order valence-corrected chi connectivity index (χ1v) is 7.56. The highest BCUT2D eigenvalue weighted by Crippen LogP contribution is 2.15. The van der Waals surface area contributed by atoms with Crippen LogP contribution in [0.15, 0.2) is 28.8 Å². The van der Waals surface area contributed by atoms with Gasteiger partial charge in [-0.15, -0.1) is 0 Å².